The van der Waals surface area contributed by atoms with Crippen molar-refractivity contribution >= 4 is 11.8 Å². The third kappa shape index (κ3) is 4.60. The van der Waals surface area contributed by atoms with Crippen LogP contribution in [0, 0.1) is 18.3 Å². The smallest absolute Gasteiger partial charge is 0.266 e. The summed E-state index contributed by atoms with van der Waals surface area (Å²) in [6.45, 7) is 8.63. The minimum absolute atomic E-state index is 0.0221. The van der Waals surface area contributed by atoms with Gasteiger partial charge in [0.25, 0.3) is 5.91 Å². The topological polar surface area (TPSA) is 69.6 Å². The van der Waals surface area contributed by atoms with Crippen LogP contribution in [0.2, 0.25) is 0 Å². The summed E-state index contributed by atoms with van der Waals surface area (Å²) in [6, 6.07) is 7.79. The molecule has 1 aromatic carbocycles. The minimum atomic E-state index is -0.598. The molecule has 2 atom stereocenters. The van der Waals surface area contributed by atoms with Gasteiger partial charge in [-0.1, -0.05) is 50.6 Å². The van der Waals surface area contributed by atoms with Crippen LogP contribution in [0.5, 0.6) is 0 Å². The summed E-state index contributed by atoms with van der Waals surface area (Å²) in [5.41, 5.74) is 3.73. The molecule has 2 N–H and O–H groups in total. The van der Waals surface area contributed by atoms with Crippen molar-refractivity contribution in [3.05, 3.63) is 35.4 Å². The quantitative estimate of drug-likeness (QED) is 0.589. The number of carbonyl (C=O) groups is 2. The van der Waals surface area contributed by atoms with Crippen LogP contribution in [0.25, 0.3) is 0 Å². The first-order chi connectivity index (χ1) is 11.8. The fraction of sp³-hybridized carbons (Fsp3) is 0.600. The van der Waals surface area contributed by atoms with Crippen LogP contribution in [0.3, 0.4) is 0 Å². The average molecular weight is 346 g/mol. The maximum atomic E-state index is 13.0. The number of likely N-dealkylation sites (tertiary alicyclic amines) is 1. The van der Waals surface area contributed by atoms with E-state index in [4.69, 9.17) is 5.21 Å². The van der Waals surface area contributed by atoms with Crippen LogP contribution in [0.1, 0.15) is 51.2 Å². The van der Waals surface area contributed by atoms with Crippen molar-refractivity contribution in [1.29, 1.82) is 0 Å². The maximum absolute atomic E-state index is 13.0. The molecule has 0 saturated carbocycles. The van der Waals surface area contributed by atoms with E-state index in [2.05, 4.69) is 31.2 Å². The van der Waals surface area contributed by atoms with Crippen molar-refractivity contribution in [2.75, 3.05) is 6.54 Å². The van der Waals surface area contributed by atoms with Gasteiger partial charge in [0.05, 0.1) is 0 Å². The molecule has 1 saturated heterocycles. The van der Waals surface area contributed by atoms with Crippen LogP contribution in [0.4, 0.5) is 0 Å². The van der Waals surface area contributed by atoms with Gasteiger partial charge in [-0.15, -0.1) is 0 Å². The lowest BCUT2D eigenvalue weighted by Crippen LogP contribution is -2.49. The Balaban J connectivity index is 2.07. The fourth-order valence-electron chi connectivity index (χ4n) is 3.52. The Morgan fingerprint density at radius 2 is 1.96 bits per heavy atom. The molecule has 138 valence electrons. The molecule has 5 nitrogen and oxygen atoms in total. The molecule has 0 spiro atoms. The van der Waals surface area contributed by atoms with E-state index in [1.165, 1.54) is 11.1 Å². The summed E-state index contributed by atoms with van der Waals surface area (Å²) in [5.74, 6) is -0.215. The molecule has 1 unspecified atom stereocenters. The van der Waals surface area contributed by atoms with Crippen LogP contribution >= 0.6 is 0 Å². The van der Waals surface area contributed by atoms with Crippen LogP contribution < -0.4 is 5.48 Å². The number of carbonyl (C=O) groups excluding carboxylic acids is 2. The Morgan fingerprint density at radius 1 is 1.32 bits per heavy atom. The van der Waals surface area contributed by atoms with Gasteiger partial charge in [0.15, 0.2) is 0 Å². The van der Waals surface area contributed by atoms with E-state index in [-0.39, 0.29) is 11.8 Å². The monoisotopic (exact) mass is 346 g/mol. The zero-order valence-corrected chi connectivity index (χ0v) is 15.7. The molecule has 0 bridgehead atoms. The summed E-state index contributed by atoms with van der Waals surface area (Å²) in [4.78, 5) is 26.7. The molecule has 2 amide bonds. The summed E-state index contributed by atoms with van der Waals surface area (Å²) in [5, 5.41) is 9.03. The molecule has 25 heavy (non-hydrogen) atoms. The molecule has 0 aliphatic carbocycles. The van der Waals surface area contributed by atoms with E-state index in [1.54, 1.807) is 10.4 Å². The summed E-state index contributed by atoms with van der Waals surface area (Å²) in [6.07, 6.45) is 2.90. The van der Waals surface area contributed by atoms with Gasteiger partial charge in [0.1, 0.15) is 6.04 Å². The standard InChI is InChI=1S/C20H30N2O3/c1-14(2)13-17(18(23)21-25)22-12-11-20(4,19(22)24)10-9-16-7-5-15(3)6-8-16/h5-8,14,17,25H,9-13H2,1-4H3,(H,21,23)/t17-,20?/m1/s1. The lowest BCUT2D eigenvalue weighted by molar-refractivity contribution is -0.146. The zero-order chi connectivity index (χ0) is 18.6. The molecule has 1 heterocycles. The second-order valence-electron chi connectivity index (χ2n) is 7.92. The third-order valence-electron chi connectivity index (χ3n) is 5.25. The SMILES string of the molecule is Cc1ccc(CCC2(C)CCN([C@H](CC(C)C)C(=O)NO)C2=O)cc1. The number of hydrogen-bond donors (Lipinski definition) is 2. The van der Waals surface area contributed by atoms with Gasteiger partial charge in [-0.2, -0.15) is 0 Å². The van der Waals surface area contributed by atoms with E-state index >= 15 is 0 Å². The van der Waals surface area contributed by atoms with Crippen molar-refractivity contribution in [1.82, 2.24) is 10.4 Å². The van der Waals surface area contributed by atoms with E-state index in [0.717, 1.165) is 19.3 Å². The molecule has 1 aromatic rings. The van der Waals surface area contributed by atoms with E-state index in [0.29, 0.717) is 13.0 Å². The van der Waals surface area contributed by atoms with Crippen molar-refractivity contribution in [3.63, 3.8) is 0 Å². The summed E-state index contributed by atoms with van der Waals surface area (Å²) in [7, 11) is 0. The molecular weight excluding hydrogens is 316 g/mol. The number of hydrogen-bond acceptors (Lipinski definition) is 3. The summed E-state index contributed by atoms with van der Waals surface area (Å²) < 4.78 is 0. The van der Waals surface area contributed by atoms with Gasteiger partial charge in [-0.05, 0) is 44.1 Å². The van der Waals surface area contributed by atoms with Gasteiger partial charge in [-0.25, -0.2) is 5.48 Å². The van der Waals surface area contributed by atoms with Crippen molar-refractivity contribution in [3.8, 4) is 0 Å². The first-order valence-electron chi connectivity index (χ1n) is 9.07. The molecule has 0 aromatic heterocycles. The highest BCUT2D eigenvalue weighted by atomic mass is 16.5. The van der Waals surface area contributed by atoms with Crippen molar-refractivity contribution in [2.45, 2.75) is 59.4 Å². The highest BCUT2D eigenvalue weighted by Crippen LogP contribution is 2.37. The number of amides is 2. The predicted octanol–water partition coefficient (Wildman–Crippen LogP) is 3.09. The van der Waals surface area contributed by atoms with Crippen LogP contribution in [0.15, 0.2) is 24.3 Å². The van der Waals surface area contributed by atoms with Gasteiger partial charge in [0, 0.05) is 12.0 Å². The normalized spacial score (nSPS) is 21.7. The van der Waals surface area contributed by atoms with Crippen molar-refractivity contribution in [2.24, 2.45) is 11.3 Å². The predicted molar refractivity (Wildman–Crippen MR) is 97.1 cm³/mol. The van der Waals surface area contributed by atoms with E-state index in [1.807, 2.05) is 20.8 Å². The average Bonchev–Trinajstić information content (AvgIpc) is 2.87. The molecule has 5 heteroatoms. The Bertz CT molecular complexity index is 612. The first-order valence-corrected chi connectivity index (χ1v) is 9.07. The molecular formula is C20H30N2O3. The first kappa shape index (κ1) is 19.4. The van der Waals surface area contributed by atoms with Gasteiger partial charge < -0.3 is 4.90 Å². The molecule has 0 radical (unpaired) electrons. The Kier molecular flexibility index (Phi) is 6.22. The number of rotatable bonds is 7. The van der Waals surface area contributed by atoms with Crippen LogP contribution in [-0.4, -0.2) is 34.5 Å². The van der Waals surface area contributed by atoms with Gasteiger partial charge in [0.2, 0.25) is 5.91 Å². The Morgan fingerprint density at radius 3 is 2.52 bits per heavy atom. The van der Waals surface area contributed by atoms with Gasteiger partial charge >= 0.3 is 0 Å². The highest BCUT2D eigenvalue weighted by molar-refractivity contribution is 5.91. The van der Waals surface area contributed by atoms with E-state index in [9.17, 15) is 9.59 Å². The Hall–Kier alpha value is -1.88. The van der Waals surface area contributed by atoms with Crippen LogP contribution in [-0.2, 0) is 16.0 Å². The van der Waals surface area contributed by atoms with Crippen molar-refractivity contribution < 1.29 is 14.8 Å². The zero-order valence-electron chi connectivity index (χ0n) is 15.7. The van der Waals surface area contributed by atoms with Gasteiger partial charge in [-0.3, -0.25) is 14.8 Å². The number of nitrogens with zero attached hydrogens (tertiary/aromatic N) is 1. The second-order valence-corrected chi connectivity index (χ2v) is 7.92. The highest BCUT2D eigenvalue weighted by Gasteiger charge is 2.46. The molecule has 1 aliphatic heterocycles. The minimum Gasteiger partial charge on any atom is -0.330 e. The maximum Gasteiger partial charge on any atom is 0.266 e. The number of benzene rings is 1. The number of hydroxylamine groups is 1. The second kappa shape index (κ2) is 8.00. The lowest BCUT2D eigenvalue weighted by atomic mass is 9.82. The number of aryl methyl sites for hydroxylation is 2. The third-order valence-corrected chi connectivity index (χ3v) is 5.25. The number of nitrogens with one attached hydrogen (secondary N) is 1. The largest absolute Gasteiger partial charge is 0.330 e. The molecule has 1 fully saturated rings. The Labute approximate surface area is 150 Å². The van der Waals surface area contributed by atoms with E-state index < -0.39 is 17.4 Å². The lowest BCUT2D eigenvalue weighted by Gasteiger charge is -2.30. The molecule has 2 rings (SSSR count). The summed E-state index contributed by atoms with van der Waals surface area (Å²) >= 11 is 0. The molecule has 1 aliphatic rings. The fourth-order valence-corrected chi connectivity index (χ4v) is 3.52.